The number of carbonyl (C=O) groups is 1. The first-order chi connectivity index (χ1) is 16.2. The number of hydrogen-bond acceptors (Lipinski definition) is 8. The number of nitrogens with one attached hydrogen (secondary N) is 2. The molecule has 1 unspecified atom stereocenters. The molecule has 0 spiro atoms. The third-order valence-corrected chi connectivity index (χ3v) is 7.91. The smallest absolute Gasteiger partial charge is 0.287 e. The van der Waals surface area contributed by atoms with Crippen LogP contribution in [0.5, 0.6) is 0 Å². The number of benzene rings is 1. The Balaban J connectivity index is 1.31. The van der Waals surface area contributed by atoms with Gasteiger partial charge >= 0.3 is 0 Å². The van der Waals surface area contributed by atoms with Gasteiger partial charge in [0.15, 0.2) is 0 Å². The van der Waals surface area contributed by atoms with E-state index < -0.39 is 16.8 Å². The fourth-order valence-corrected chi connectivity index (χ4v) is 5.93. The lowest BCUT2D eigenvalue weighted by atomic mass is 10.1. The maximum atomic E-state index is 12.7. The fourth-order valence-electron chi connectivity index (χ4n) is 4.39. The van der Waals surface area contributed by atoms with Gasteiger partial charge in [-0.2, -0.15) is 0 Å². The van der Waals surface area contributed by atoms with Crippen molar-refractivity contribution >= 4 is 53.4 Å². The van der Waals surface area contributed by atoms with E-state index in [2.05, 4.69) is 24.5 Å². The Morgan fingerprint density at radius 1 is 1.26 bits per heavy atom. The molecule has 0 saturated heterocycles. The summed E-state index contributed by atoms with van der Waals surface area (Å²) in [5, 5.41) is 4.34. The summed E-state index contributed by atoms with van der Waals surface area (Å²) < 4.78 is 0. The molecule has 4 aromatic rings. The van der Waals surface area contributed by atoms with Gasteiger partial charge in [-0.05, 0) is 41.3 Å². The quantitative estimate of drug-likeness (QED) is 0.265. The van der Waals surface area contributed by atoms with Gasteiger partial charge in [0, 0.05) is 25.0 Å². The zero-order chi connectivity index (χ0) is 24.1. The molecular weight excluding hydrogens is 473 g/mol. The highest BCUT2D eigenvalue weighted by atomic mass is 32.1. The van der Waals surface area contributed by atoms with Crippen molar-refractivity contribution in [2.45, 2.75) is 32.4 Å². The minimum absolute atomic E-state index is 0.00405. The molecular formula is C23H22N5O4PS. The van der Waals surface area contributed by atoms with E-state index >= 15 is 0 Å². The average molecular weight is 496 g/mol. The molecule has 4 N–H and O–H groups in total. The van der Waals surface area contributed by atoms with Gasteiger partial charge in [-0.3, -0.25) is 19.2 Å². The molecule has 0 aliphatic heterocycles. The summed E-state index contributed by atoms with van der Waals surface area (Å²) >= 11 is 1.49. The average Bonchev–Trinajstić information content (AvgIpc) is 3.40. The number of anilines is 2. The van der Waals surface area contributed by atoms with Crippen LogP contribution >= 0.6 is 20.6 Å². The third kappa shape index (κ3) is 3.73. The predicted molar refractivity (Wildman–Crippen MR) is 137 cm³/mol. The number of rotatable bonds is 6. The Morgan fingerprint density at radius 2 is 2.06 bits per heavy atom. The Labute approximate surface area is 199 Å². The van der Waals surface area contributed by atoms with Crippen LogP contribution in [-0.2, 0) is 25.9 Å². The SMILES string of the molecule is CN(Cc1cc(CNC(=O)c2nc3sc4c(c3c(=O)[nH]2)CCC4)ccc1P)c1c(N)c(=O)c1=O. The number of nitrogens with zero attached hydrogens (tertiary/aromatic N) is 2. The summed E-state index contributed by atoms with van der Waals surface area (Å²) in [7, 11) is 4.33. The number of aromatic nitrogens is 2. The van der Waals surface area contributed by atoms with Gasteiger partial charge in [-0.1, -0.05) is 18.2 Å². The lowest BCUT2D eigenvalue weighted by Crippen LogP contribution is -2.41. The standard InChI is InChI=1S/C23H22N5O4PS/c1-28(17-16(24)18(29)19(17)30)9-11-7-10(5-6-13(11)33)8-25-22(32)20-26-21(31)15-12-3-2-4-14(12)34-23(15)27-20/h5-7H,2-4,8-9,24,33H2,1H3,(H,25,32)(H,26,27,31). The Bertz CT molecular complexity index is 1600. The van der Waals surface area contributed by atoms with E-state index in [1.807, 2.05) is 18.2 Å². The second-order valence-corrected chi connectivity index (χ2v) is 10.2. The van der Waals surface area contributed by atoms with Crippen LogP contribution in [0.2, 0.25) is 0 Å². The molecule has 2 aromatic heterocycles. The minimum atomic E-state index is -0.651. The van der Waals surface area contributed by atoms with Crippen LogP contribution in [0.25, 0.3) is 10.2 Å². The van der Waals surface area contributed by atoms with E-state index in [-0.39, 0.29) is 29.3 Å². The normalized spacial score (nSPS) is 12.9. The largest absolute Gasteiger partial charge is 0.394 e. The number of aromatic amines is 1. The molecule has 34 heavy (non-hydrogen) atoms. The van der Waals surface area contributed by atoms with E-state index in [1.54, 1.807) is 11.9 Å². The fraction of sp³-hybridized carbons (Fsp3) is 0.261. The summed E-state index contributed by atoms with van der Waals surface area (Å²) in [6.45, 7) is 0.593. The van der Waals surface area contributed by atoms with Crippen LogP contribution in [0, 0.1) is 0 Å². The van der Waals surface area contributed by atoms with Crippen LogP contribution < -0.4 is 37.7 Å². The molecule has 11 heteroatoms. The Hall–Kier alpha value is -3.36. The molecule has 2 aromatic carbocycles. The lowest BCUT2D eigenvalue weighted by Gasteiger charge is -2.22. The van der Waals surface area contributed by atoms with Gasteiger partial charge in [-0.25, -0.2) is 4.98 Å². The van der Waals surface area contributed by atoms with Gasteiger partial charge in [0.25, 0.3) is 22.3 Å². The molecule has 9 nitrogen and oxygen atoms in total. The number of amides is 1. The summed E-state index contributed by atoms with van der Waals surface area (Å²) in [6, 6.07) is 5.67. The van der Waals surface area contributed by atoms with Gasteiger partial charge in [0.05, 0.1) is 5.39 Å². The van der Waals surface area contributed by atoms with Crippen LogP contribution in [0.3, 0.4) is 0 Å². The van der Waals surface area contributed by atoms with Gasteiger partial charge in [0.2, 0.25) is 5.82 Å². The summed E-state index contributed by atoms with van der Waals surface area (Å²) in [6.07, 6.45) is 2.88. The van der Waals surface area contributed by atoms with Crippen molar-refractivity contribution in [3.05, 3.63) is 76.4 Å². The van der Waals surface area contributed by atoms with E-state index in [9.17, 15) is 19.2 Å². The Morgan fingerprint density at radius 3 is 2.82 bits per heavy atom. The second-order valence-electron chi connectivity index (χ2n) is 8.44. The highest BCUT2D eigenvalue weighted by molar-refractivity contribution is 7.27. The summed E-state index contributed by atoms with van der Waals surface area (Å²) in [5.41, 5.74) is 7.16. The number of hydrogen-bond donors (Lipinski definition) is 3. The van der Waals surface area contributed by atoms with Crippen molar-refractivity contribution < 1.29 is 4.79 Å². The highest BCUT2D eigenvalue weighted by Gasteiger charge is 2.23. The number of aryl methyl sites for hydroxylation is 2. The molecule has 1 amide bonds. The molecule has 1 aliphatic carbocycles. The van der Waals surface area contributed by atoms with Gasteiger partial charge in [-0.15, -0.1) is 20.6 Å². The van der Waals surface area contributed by atoms with E-state index in [0.717, 1.165) is 41.3 Å². The second kappa shape index (κ2) is 8.45. The number of thiophene rings is 1. The van der Waals surface area contributed by atoms with E-state index in [4.69, 9.17) is 5.73 Å². The van der Waals surface area contributed by atoms with Crippen LogP contribution in [0.4, 0.5) is 11.4 Å². The van der Waals surface area contributed by atoms with Crippen LogP contribution in [-0.4, -0.2) is 22.9 Å². The maximum Gasteiger partial charge on any atom is 0.287 e. The maximum absolute atomic E-state index is 12.7. The first-order valence-corrected chi connectivity index (χ1v) is 12.1. The lowest BCUT2D eigenvalue weighted by molar-refractivity contribution is 0.0940. The zero-order valence-electron chi connectivity index (χ0n) is 18.4. The molecule has 0 radical (unpaired) electrons. The van der Waals surface area contributed by atoms with Crippen LogP contribution in [0.15, 0.2) is 32.6 Å². The number of carbonyl (C=O) groups excluding carboxylic acids is 1. The Kier molecular flexibility index (Phi) is 5.58. The topological polar surface area (TPSA) is 138 Å². The molecule has 0 saturated carbocycles. The number of nitrogens with two attached hydrogens (primary N) is 1. The molecule has 5 rings (SSSR count). The highest BCUT2D eigenvalue weighted by Crippen LogP contribution is 2.34. The van der Waals surface area contributed by atoms with E-state index in [1.165, 1.54) is 16.2 Å². The molecule has 0 bridgehead atoms. The molecule has 1 atom stereocenters. The molecule has 174 valence electrons. The van der Waals surface area contributed by atoms with Crippen molar-refractivity contribution in [1.82, 2.24) is 15.3 Å². The third-order valence-electron chi connectivity index (χ3n) is 6.16. The molecule has 1 aliphatic rings. The van der Waals surface area contributed by atoms with Crippen LogP contribution in [0.1, 0.15) is 38.6 Å². The van der Waals surface area contributed by atoms with Crippen molar-refractivity contribution in [2.75, 3.05) is 17.7 Å². The number of nitrogen functional groups attached to an aromatic ring is 1. The zero-order valence-corrected chi connectivity index (χ0v) is 20.3. The van der Waals surface area contributed by atoms with E-state index in [0.29, 0.717) is 16.8 Å². The monoisotopic (exact) mass is 495 g/mol. The molecule has 2 heterocycles. The summed E-state index contributed by atoms with van der Waals surface area (Å²) in [5.74, 6) is -0.465. The molecule has 0 fully saturated rings. The van der Waals surface area contributed by atoms with Crippen molar-refractivity contribution in [2.24, 2.45) is 0 Å². The minimum Gasteiger partial charge on any atom is -0.394 e. The van der Waals surface area contributed by atoms with Crippen molar-refractivity contribution in [1.29, 1.82) is 0 Å². The van der Waals surface area contributed by atoms with Gasteiger partial charge < -0.3 is 20.9 Å². The van der Waals surface area contributed by atoms with Crippen molar-refractivity contribution in [3.63, 3.8) is 0 Å². The van der Waals surface area contributed by atoms with Gasteiger partial charge in [0.1, 0.15) is 16.2 Å². The summed E-state index contributed by atoms with van der Waals surface area (Å²) in [4.78, 5) is 59.0. The number of fused-ring (bicyclic) bond motifs is 3. The van der Waals surface area contributed by atoms with Crippen molar-refractivity contribution in [3.8, 4) is 0 Å². The first kappa shape index (κ1) is 22.4. The predicted octanol–water partition coefficient (Wildman–Crippen LogP) is 0.718. The number of H-pyrrole nitrogens is 1. The first-order valence-electron chi connectivity index (χ1n) is 10.7.